The lowest BCUT2D eigenvalue weighted by molar-refractivity contribution is 0.0873. The summed E-state index contributed by atoms with van der Waals surface area (Å²) in [5.41, 5.74) is -0.166. The van der Waals surface area contributed by atoms with E-state index in [4.69, 9.17) is 0 Å². The number of likely N-dealkylation sites (N-methyl/N-ethyl adjacent to an activating group) is 1. The van der Waals surface area contributed by atoms with Crippen molar-refractivity contribution in [3.8, 4) is 0 Å². The summed E-state index contributed by atoms with van der Waals surface area (Å²) in [4.78, 5) is 1.97. The maximum atomic E-state index is 9.84. The Balaban J connectivity index is 2.29. The Bertz CT molecular complexity index is 503. The molecule has 0 atom stereocenters. The third kappa shape index (κ3) is 2.68. The highest BCUT2D eigenvalue weighted by molar-refractivity contribution is 5.44. The number of hydrogen-bond acceptors (Lipinski definition) is 6. The molecular formula is C10H16N6O. The Labute approximate surface area is 99.0 Å². The van der Waals surface area contributed by atoms with Gasteiger partial charge in [0.2, 0.25) is 0 Å². The number of anilines is 1. The van der Waals surface area contributed by atoms with Crippen LogP contribution in [0, 0.1) is 0 Å². The highest BCUT2D eigenvalue weighted by atomic mass is 16.3. The molecule has 2 aromatic heterocycles. The molecule has 0 saturated heterocycles. The van der Waals surface area contributed by atoms with Crippen molar-refractivity contribution in [2.24, 2.45) is 0 Å². The largest absolute Gasteiger partial charge is 0.389 e. The predicted molar refractivity (Wildman–Crippen MR) is 62.8 cm³/mol. The molecule has 0 saturated carbocycles. The second-order valence-electron chi connectivity index (χ2n) is 4.54. The van der Waals surface area contributed by atoms with E-state index in [9.17, 15) is 5.11 Å². The SMILES string of the molecule is CCN(CC(C)(C)O)c1ccc2nnnn2n1. The van der Waals surface area contributed by atoms with Crippen molar-refractivity contribution in [3.63, 3.8) is 0 Å². The summed E-state index contributed by atoms with van der Waals surface area (Å²) in [5.74, 6) is 0.745. The molecule has 0 aliphatic rings. The normalized spacial score (nSPS) is 12.0. The summed E-state index contributed by atoms with van der Waals surface area (Å²) in [5, 5.41) is 25.2. The van der Waals surface area contributed by atoms with E-state index in [0.717, 1.165) is 12.4 Å². The number of hydrogen-bond donors (Lipinski definition) is 1. The highest BCUT2D eigenvalue weighted by Gasteiger charge is 2.18. The van der Waals surface area contributed by atoms with Gasteiger partial charge < -0.3 is 10.0 Å². The first-order valence-corrected chi connectivity index (χ1v) is 5.52. The van der Waals surface area contributed by atoms with E-state index in [0.29, 0.717) is 12.2 Å². The molecular weight excluding hydrogens is 220 g/mol. The molecule has 2 aromatic rings. The van der Waals surface area contributed by atoms with Crippen molar-refractivity contribution in [2.75, 3.05) is 18.0 Å². The zero-order valence-electron chi connectivity index (χ0n) is 10.2. The lowest BCUT2D eigenvalue weighted by Crippen LogP contribution is -2.39. The van der Waals surface area contributed by atoms with Crippen LogP contribution in [0.15, 0.2) is 12.1 Å². The van der Waals surface area contributed by atoms with E-state index >= 15 is 0 Å². The van der Waals surface area contributed by atoms with Gasteiger partial charge in [0, 0.05) is 13.1 Å². The Kier molecular flexibility index (Phi) is 2.93. The molecule has 0 spiro atoms. The molecule has 0 aliphatic heterocycles. The number of fused-ring (bicyclic) bond motifs is 1. The number of aliphatic hydroxyl groups is 1. The van der Waals surface area contributed by atoms with Gasteiger partial charge in [-0.15, -0.1) is 14.8 Å². The first-order chi connectivity index (χ1) is 7.99. The van der Waals surface area contributed by atoms with Crippen LogP contribution < -0.4 is 4.90 Å². The average Bonchev–Trinajstić information content (AvgIpc) is 2.71. The highest BCUT2D eigenvalue weighted by Crippen LogP contribution is 2.14. The minimum atomic E-state index is -0.771. The third-order valence-corrected chi connectivity index (χ3v) is 2.34. The summed E-state index contributed by atoms with van der Waals surface area (Å²) in [6, 6.07) is 3.65. The molecule has 7 nitrogen and oxygen atoms in total. The molecule has 0 aliphatic carbocycles. The Morgan fingerprint density at radius 2 is 2.18 bits per heavy atom. The van der Waals surface area contributed by atoms with E-state index in [2.05, 4.69) is 20.6 Å². The minimum Gasteiger partial charge on any atom is -0.389 e. The average molecular weight is 236 g/mol. The maximum absolute atomic E-state index is 9.84. The summed E-state index contributed by atoms with van der Waals surface area (Å²) >= 11 is 0. The minimum absolute atomic E-state index is 0.504. The molecule has 92 valence electrons. The fourth-order valence-electron chi connectivity index (χ4n) is 1.63. The third-order valence-electron chi connectivity index (χ3n) is 2.34. The molecule has 0 amide bonds. The quantitative estimate of drug-likeness (QED) is 0.812. The molecule has 1 N–H and O–H groups in total. The maximum Gasteiger partial charge on any atom is 0.200 e. The van der Waals surface area contributed by atoms with Crippen LogP contribution in [0.4, 0.5) is 5.82 Å². The Morgan fingerprint density at radius 3 is 2.82 bits per heavy atom. The molecule has 0 radical (unpaired) electrons. The van der Waals surface area contributed by atoms with Crippen molar-refractivity contribution in [2.45, 2.75) is 26.4 Å². The Morgan fingerprint density at radius 1 is 1.41 bits per heavy atom. The molecule has 2 heterocycles. The molecule has 0 fully saturated rings. The number of tetrazole rings is 1. The second-order valence-corrected chi connectivity index (χ2v) is 4.54. The fourth-order valence-corrected chi connectivity index (χ4v) is 1.63. The van der Waals surface area contributed by atoms with Gasteiger partial charge in [-0.05, 0) is 43.3 Å². The van der Waals surface area contributed by atoms with Crippen molar-refractivity contribution in [1.29, 1.82) is 0 Å². The van der Waals surface area contributed by atoms with Crippen LogP contribution in [0.3, 0.4) is 0 Å². The second kappa shape index (κ2) is 4.25. The summed E-state index contributed by atoms with van der Waals surface area (Å²) in [7, 11) is 0. The number of rotatable bonds is 4. The van der Waals surface area contributed by atoms with E-state index in [1.165, 1.54) is 4.63 Å². The molecule has 17 heavy (non-hydrogen) atoms. The van der Waals surface area contributed by atoms with Gasteiger partial charge in [-0.3, -0.25) is 0 Å². The van der Waals surface area contributed by atoms with Gasteiger partial charge in [0.05, 0.1) is 5.60 Å². The molecule has 0 unspecified atom stereocenters. The van der Waals surface area contributed by atoms with E-state index in [1.54, 1.807) is 19.9 Å². The lowest BCUT2D eigenvalue weighted by atomic mass is 10.1. The van der Waals surface area contributed by atoms with Crippen molar-refractivity contribution >= 4 is 11.5 Å². The van der Waals surface area contributed by atoms with Gasteiger partial charge in [-0.1, -0.05) is 0 Å². The van der Waals surface area contributed by atoms with Crippen LogP contribution in [0.25, 0.3) is 5.65 Å². The number of nitrogens with zero attached hydrogens (tertiary/aromatic N) is 6. The summed E-state index contributed by atoms with van der Waals surface area (Å²) in [6.45, 7) is 6.81. The van der Waals surface area contributed by atoms with Gasteiger partial charge in [0.1, 0.15) is 0 Å². The molecule has 0 bridgehead atoms. The first-order valence-electron chi connectivity index (χ1n) is 5.52. The standard InChI is InChI=1S/C10H16N6O/c1-4-15(7-10(2,3)17)9-6-5-8-11-13-14-16(8)12-9/h5-6,17H,4,7H2,1-3H3. The monoisotopic (exact) mass is 236 g/mol. The van der Waals surface area contributed by atoms with Crippen LogP contribution in [0.5, 0.6) is 0 Å². The van der Waals surface area contributed by atoms with Crippen molar-refractivity contribution in [1.82, 2.24) is 25.3 Å². The first kappa shape index (κ1) is 11.7. The van der Waals surface area contributed by atoms with Crippen molar-refractivity contribution < 1.29 is 5.11 Å². The molecule has 7 heteroatoms. The lowest BCUT2D eigenvalue weighted by Gasteiger charge is -2.28. The predicted octanol–water partition coefficient (Wildman–Crippen LogP) is 0.116. The van der Waals surface area contributed by atoms with E-state index in [1.807, 2.05) is 17.9 Å². The van der Waals surface area contributed by atoms with Crippen molar-refractivity contribution in [3.05, 3.63) is 12.1 Å². The van der Waals surface area contributed by atoms with Crippen LogP contribution in [0.2, 0.25) is 0 Å². The van der Waals surface area contributed by atoms with E-state index < -0.39 is 5.60 Å². The van der Waals surface area contributed by atoms with Crippen LogP contribution in [0.1, 0.15) is 20.8 Å². The van der Waals surface area contributed by atoms with Crippen LogP contribution in [-0.2, 0) is 0 Å². The molecule has 2 rings (SSSR count). The van der Waals surface area contributed by atoms with Gasteiger partial charge in [-0.2, -0.15) is 0 Å². The smallest absolute Gasteiger partial charge is 0.200 e. The Hall–Kier alpha value is -1.76. The van der Waals surface area contributed by atoms with Crippen LogP contribution >= 0.6 is 0 Å². The van der Waals surface area contributed by atoms with Gasteiger partial charge in [0.15, 0.2) is 11.5 Å². The van der Waals surface area contributed by atoms with Crippen LogP contribution in [-0.4, -0.2) is 49.1 Å². The van der Waals surface area contributed by atoms with Gasteiger partial charge in [-0.25, -0.2) is 0 Å². The zero-order valence-corrected chi connectivity index (χ0v) is 10.2. The zero-order chi connectivity index (χ0) is 12.5. The number of aromatic nitrogens is 5. The molecule has 0 aromatic carbocycles. The fraction of sp³-hybridized carbons (Fsp3) is 0.600. The van der Waals surface area contributed by atoms with Gasteiger partial charge in [0.25, 0.3) is 0 Å². The van der Waals surface area contributed by atoms with Gasteiger partial charge >= 0.3 is 0 Å². The van der Waals surface area contributed by atoms with E-state index in [-0.39, 0.29) is 0 Å². The summed E-state index contributed by atoms with van der Waals surface area (Å²) < 4.78 is 1.38. The summed E-state index contributed by atoms with van der Waals surface area (Å²) in [6.07, 6.45) is 0. The topological polar surface area (TPSA) is 79.4 Å².